The molecule has 0 radical (unpaired) electrons. The van der Waals surface area contributed by atoms with E-state index in [4.69, 9.17) is 28.9 Å². The molecule has 442 valence electrons. The molecule has 2 aliphatic heterocycles. The van der Waals surface area contributed by atoms with Crippen molar-refractivity contribution in [1.82, 2.24) is 19.9 Å². The smallest absolute Gasteiger partial charge is 0.119 e. The predicted octanol–water partition coefficient (Wildman–Crippen LogP) is 21.7. The van der Waals surface area contributed by atoms with Gasteiger partial charge in [0.25, 0.3) is 0 Å². The third kappa shape index (κ3) is 15.7. The quantitative estimate of drug-likeness (QED) is 0.0436. The summed E-state index contributed by atoms with van der Waals surface area (Å²) in [5, 5.41) is 0. The molecular formula is C76H94N4O4. The van der Waals surface area contributed by atoms with Gasteiger partial charge in [-0.25, -0.2) is 9.97 Å². The van der Waals surface area contributed by atoms with Gasteiger partial charge in [0.15, 0.2) is 0 Å². The van der Waals surface area contributed by atoms with Crippen molar-refractivity contribution in [2.45, 2.75) is 158 Å². The number of hydrogen-bond acceptors (Lipinski definition) is 6. The molecule has 7 aromatic rings. The number of nitrogens with zero attached hydrogens (tertiary/aromatic N) is 2. The van der Waals surface area contributed by atoms with Crippen molar-refractivity contribution in [1.29, 1.82) is 0 Å². The summed E-state index contributed by atoms with van der Waals surface area (Å²) < 4.78 is 25.9. The molecule has 0 aliphatic carbocycles. The lowest BCUT2D eigenvalue weighted by molar-refractivity contribution is 0.233. The Morgan fingerprint density at radius 1 is 0.298 bits per heavy atom. The number of unbranched alkanes of at least 4 members (excludes halogenated alkanes) is 4. The number of benzene rings is 4. The SMILES string of the molecule is CCCCC(CC)COc1ccc(-c2c3nc(c(-c4ccc(OCC(CC)CCCC)cc4)c4ccc([nH]4)c(-c4ccc(OCC(CC)CCCC)cc4)c4nc(c(-c5ccc(OCC(CC)CCCC)cc5)c5ccc2[nH]5)C=C4)C=C3)cc1. The van der Waals surface area contributed by atoms with Gasteiger partial charge in [0.05, 0.1) is 49.2 Å². The van der Waals surface area contributed by atoms with Crippen LogP contribution in [0.3, 0.4) is 0 Å². The summed E-state index contributed by atoms with van der Waals surface area (Å²) in [5.41, 5.74) is 15.3. The zero-order valence-electron chi connectivity index (χ0n) is 51.8. The van der Waals surface area contributed by atoms with Gasteiger partial charge >= 0.3 is 0 Å². The Morgan fingerprint density at radius 2 is 0.512 bits per heavy atom. The van der Waals surface area contributed by atoms with Crippen LogP contribution in [0, 0.1) is 23.7 Å². The molecule has 8 nitrogen and oxygen atoms in total. The Kier molecular flexibility index (Phi) is 22.6. The third-order valence-corrected chi connectivity index (χ3v) is 17.4. The van der Waals surface area contributed by atoms with E-state index in [1.165, 1.54) is 77.0 Å². The number of ether oxygens (including phenoxy) is 4. The first-order valence-corrected chi connectivity index (χ1v) is 32.3. The zero-order chi connectivity index (χ0) is 58.6. The first-order valence-electron chi connectivity index (χ1n) is 32.3. The number of nitrogens with one attached hydrogen (secondary N) is 2. The Labute approximate surface area is 502 Å². The lowest BCUT2D eigenvalue weighted by atomic mass is 10.0. The second-order valence-electron chi connectivity index (χ2n) is 23.5. The molecule has 84 heavy (non-hydrogen) atoms. The lowest BCUT2D eigenvalue weighted by Gasteiger charge is -2.16. The lowest BCUT2D eigenvalue weighted by Crippen LogP contribution is -2.11. The molecular weight excluding hydrogens is 1030 g/mol. The summed E-state index contributed by atoms with van der Waals surface area (Å²) in [4.78, 5) is 19.2. The van der Waals surface area contributed by atoms with Crippen LogP contribution >= 0.6 is 0 Å². The molecule has 9 rings (SSSR count). The average molecular weight is 1130 g/mol. The first-order chi connectivity index (χ1) is 41.3. The number of rotatable bonds is 32. The summed E-state index contributed by atoms with van der Waals surface area (Å²) >= 11 is 0. The van der Waals surface area contributed by atoms with E-state index in [1.807, 2.05) is 0 Å². The van der Waals surface area contributed by atoms with Crippen molar-refractivity contribution in [2.75, 3.05) is 26.4 Å². The molecule has 4 aromatic carbocycles. The number of fused-ring (bicyclic) bond motifs is 8. The van der Waals surface area contributed by atoms with Crippen molar-refractivity contribution >= 4 is 46.4 Å². The fourth-order valence-electron chi connectivity index (χ4n) is 11.7. The van der Waals surface area contributed by atoms with E-state index in [9.17, 15) is 0 Å². The van der Waals surface area contributed by atoms with Gasteiger partial charge in [-0.1, -0.05) is 181 Å². The zero-order valence-corrected chi connectivity index (χ0v) is 51.8. The molecule has 0 amide bonds. The van der Waals surface area contributed by atoms with Crippen LogP contribution < -0.4 is 18.9 Å². The monoisotopic (exact) mass is 1130 g/mol. The third-order valence-electron chi connectivity index (χ3n) is 17.4. The van der Waals surface area contributed by atoms with Gasteiger partial charge in [-0.05, 0) is 169 Å². The van der Waals surface area contributed by atoms with Crippen molar-refractivity contribution in [3.05, 3.63) is 144 Å². The Balaban J connectivity index is 1.24. The molecule has 0 fully saturated rings. The van der Waals surface area contributed by atoms with Crippen LogP contribution in [0.4, 0.5) is 0 Å². The highest BCUT2D eigenvalue weighted by molar-refractivity contribution is 6.00. The number of aromatic amines is 2. The van der Waals surface area contributed by atoms with E-state index in [1.54, 1.807) is 0 Å². The van der Waals surface area contributed by atoms with Crippen LogP contribution in [0.15, 0.2) is 121 Å². The van der Waals surface area contributed by atoms with E-state index < -0.39 is 0 Å². The maximum Gasteiger partial charge on any atom is 0.119 e. The summed E-state index contributed by atoms with van der Waals surface area (Å²) in [6.07, 6.45) is 27.5. The molecule has 2 aliphatic rings. The average Bonchev–Trinajstić information content (AvgIpc) is 4.50. The van der Waals surface area contributed by atoms with Gasteiger partial charge in [-0.3, -0.25) is 0 Å². The molecule has 5 heterocycles. The van der Waals surface area contributed by atoms with Crippen LogP contribution in [0.5, 0.6) is 23.0 Å². The van der Waals surface area contributed by atoms with Crippen LogP contribution in [-0.4, -0.2) is 46.4 Å². The van der Waals surface area contributed by atoms with Crippen LogP contribution in [0.2, 0.25) is 0 Å². The van der Waals surface area contributed by atoms with E-state index in [0.717, 1.165) is 138 Å². The van der Waals surface area contributed by atoms with Crippen molar-refractivity contribution < 1.29 is 18.9 Å². The van der Waals surface area contributed by atoms with Gasteiger partial charge in [-0.15, -0.1) is 0 Å². The van der Waals surface area contributed by atoms with Gasteiger partial charge in [0.1, 0.15) is 23.0 Å². The molecule has 4 unspecified atom stereocenters. The first kappa shape index (κ1) is 61.2. The van der Waals surface area contributed by atoms with Gasteiger partial charge in [-0.2, -0.15) is 0 Å². The fraction of sp³-hybridized carbons (Fsp3) is 0.421. The van der Waals surface area contributed by atoms with Crippen molar-refractivity contribution in [3.8, 4) is 67.5 Å². The topological polar surface area (TPSA) is 94.3 Å². The minimum Gasteiger partial charge on any atom is -0.493 e. The minimum absolute atomic E-state index is 0.533. The standard InChI is InChI=1S/C76H94N4O4/c1-9-17-21-53(13-5)49-81-61-33-25-57(26-34-61)73-65-41-43-67(77-65)74(58-27-35-62(36-28-58)82-50-54(14-6)22-18-10-2)69-45-47-71(79-69)76(60-31-39-64(40-32-60)84-52-56(16-8)24-20-12-4)72-48-46-70(80-72)75(68-44-42-66(73)78-68)59-29-37-63(38-30-59)83-51-55(15-7)23-19-11-3/h25-48,53-56,77,80H,9-24,49-52H2,1-8H3. The summed E-state index contributed by atoms with van der Waals surface area (Å²) in [6, 6.07) is 43.2. The fourth-order valence-corrected chi connectivity index (χ4v) is 11.7. The van der Waals surface area contributed by atoms with E-state index in [2.05, 4.69) is 211 Å². The Morgan fingerprint density at radius 3 is 0.702 bits per heavy atom. The predicted molar refractivity (Wildman–Crippen MR) is 356 cm³/mol. The minimum atomic E-state index is 0.533. The van der Waals surface area contributed by atoms with Crippen molar-refractivity contribution in [2.24, 2.45) is 23.7 Å². The maximum absolute atomic E-state index is 6.48. The normalized spacial score (nSPS) is 13.4. The second-order valence-corrected chi connectivity index (χ2v) is 23.5. The van der Waals surface area contributed by atoms with E-state index in [-0.39, 0.29) is 0 Å². The summed E-state index contributed by atoms with van der Waals surface area (Å²) in [7, 11) is 0. The van der Waals surface area contributed by atoms with Gasteiger partial charge in [0, 0.05) is 44.3 Å². The molecule has 0 spiro atoms. The molecule has 3 aromatic heterocycles. The number of aromatic nitrogens is 4. The molecule has 2 N–H and O–H groups in total. The highest BCUT2D eigenvalue weighted by atomic mass is 16.5. The maximum atomic E-state index is 6.48. The van der Waals surface area contributed by atoms with Crippen LogP contribution in [0.1, 0.15) is 181 Å². The van der Waals surface area contributed by atoms with Gasteiger partial charge < -0.3 is 28.9 Å². The molecule has 8 heteroatoms. The highest BCUT2D eigenvalue weighted by Gasteiger charge is 2.21. The molecule has 0 saturated heterocycles. The van der Waals surface area contributed by atoms with Crippen LogP contribution in [0.25, 0.3) is 90.9 Å². The molecule has 8 bridgehead atoms. The number of H-pyrrole nitrogens is 2. The van der Waals surface area contributed by atoms with Crippen molar-refractivity contribution in [3.63, 3.8) is 0 Å². The second kappa shape index (κ2) is 31.0. The van der Waals surface area contributed by atoms with E-state index >= 15 is 0 Å². The Bertz CT molecular complexity index is 2960. The van der Waals surface area contributed by atoms with Crippen LogP contribution in [-0.2, 0) is 0 Å². The van der Waals surface area contributed by atoms with E-state index in [0.29, 0.717) is 50.1 Å². The number of hydrogen-bond donors (Lipinski definition) is 2. The largest absolute Gasteiger partial charge is 0.493 e. The Hall–Kier alpha value is -7.32. The molecule has 0 saturated carbocycles. The highest BCUT2D eigenvalue weighted by Crippen LogP contribution is 2.40. The van der Waals surface area contributed by atoms with Gasteiger partial charge in [0.2, 0.25) is 0 Å². The summed E-state index contributed by atoms with van der Waals surface area (Å²) in [5.74, 6) is 5.63. The summed E-state index contributed by atoms with van der Waals surface area (Å²) in [6.45, 7) is 21.0. The molecule has 4 atom stereocenters.